The van der Waals surface area contributed by atoms with Crippen LogP contribution in [0.3, 0.4) is 0 Å². The summed E-state index contributed by atoms with van der Waals surface area (Å²) in [5.41, 5.74) is 0.483. The van der Waals surface area contributed by atoms with Gasteiger partial charge in [0, 0.05) is 12.4 Å². The van der Waals surface area contributed by atoms with E-state index in [1.807, 2.05) is 24.3 Å². The molecule has 0 amide bonds. The van der Waals surface area contributed by atoms with Crippen molar-refractivity contribution >= 4 is 17.6 Å². The molecule has 2 aromatic rings. The summed E-state index contributed by atoms with van der Waals surface area (Å²) >= 11 is 0. The number of esters is 2. The van der Waals surface area contributed by atoms with Crippen LogP contribution in [0.5, 0.6) is 5.75 Å². The second-order valence-corrected chi connectivity index (χ2v) is 5.85. The maximum absolute atomic E-state index is 12.7. The molecule has 0 aliphatic heterocycles. The van der Waals surface area contributed by atoms with Crippen molar-refractivity contribution in [3.63, 3.8) is 0 Å². The van der Waals surface area contributed by atoms with Crippen molar-refractivity contribution in [3.8, 4) is 5.75 Å². The second kappa shape index (κ2) is 10.7. The van der Waals surface area contributed by atoms with Gasteiger partial charge in [0.05, 0.1) is 26.9 Å². The van der Waals surface area contributed by atoms with Crippen LogP contribution in [-0.2, 0) is 25.6 Å². The third-order valence-electron chi connectivity index (χ3n) is 3.89. The van der Waals surface area contributed by atoms with Crippen LogP contribution in [0.1, 0.15) is 19.4 Å². The minimum absolute atomic E-state index is 0.107. The number of pyridine rings is 1. The van der Waals surface area contributed by atoms with E-state index in [9.17, 15) is 14.4 Å². The number of benzene rings is 1. The highest BCUT2D eigenvalue weighted by Gasteiger charge is 2.21. The number of nitrogens with zero attached hydrogens (tertiary/aromatic N) is 1. The first-order valence-corrected chi connectivity index (χ1v) is 9.13. The smallest absolute Gasteiger partial charge is 0.347 e. The van der Waals surface area contributed by atoms with Gasteiger partial charge in [-0.3, -0.25) is 4.79 Å². The number of aromatic nitrogens is 1. The molecular weight excluding hydrogens is 376 g/mol. The second-order valence-electron chi connectivity index (χ2n) is 5.85. The fourth-order valence-corrected chi connectivity index (χ4v) is 2.47. The number of rotatable bonds is 9. The van der Waals surface area contributed by atoms with Gasteiger partial charge >= 0.3 is 11.9 Å². The van der Waals surface area contributed by atoms with Crippen LogP contribution >= 0.6 is 0 Å². The minimum Gasteiger partial charge on any atom is -0.497 e. The Morgan fingerprint density at radius 1 is 1.03 bits per heavy atom. The molecule has 2 rings (SSSR count). The van der Waals surface area contributed by atoms with E-state index < -0.39 is 11.9 Å². The zero-order valence-corrected chi connectivity index (χ0v) is 16.6. The zero-order chi connectivity index (χ0) is 21.2. The summed E-state index contributed by atoms with van der Waals surface area (Å²) in [6.45, 7) is 3.82. The molecule has 0 unspecified atom stereocenters. The SMILES string of the molecule is CCOC(=O)C(=CNc1cccn(Cc2ccc(OC)cc2)c1=O)C(=O)OCC. The highest BCUT2D eigenvalue weighted by atomic mass is 16.6. The number of ether oxygens (including phenoxy) is 3. The summed E-state index contributed by atoms with van der Waals surface area (Å²) in [4.78, 5) is 36.7. The van der Waals surface area contributed by atoms with Crippen molar-refractivity contribution < 1.29 is 23.8 Å². The molecule has 0 aliphatic carbocycles. The average molecular weight is 400 g/mol. The number of carbonyl (C=O) groups excluding carboxylic acids is 2. The van der Waals surface area contributed by atoms with Gasteiger partial charge in [-0.15, -0.1) is 0 Å². The minimum atomic E-state index is -0.826. The lowest BCUT2D eigenvalue weighted by Crippen LogP contribution is -2.23. The Morgan fingerprint density at radius 3 is 2.21 bits per heavy atom. The molecule has 1 N–H and O–H groups in total. The summed E-state index contributed by atoms with van der Waals surface area (Å²) in [5, 5.41) is 2.72. The van der Waals surface area contributed by atoms with E-state index in [0.29, 0.717) is 6.54 Å². The monoisotopic (exact) mass is 400 g/mol. The summed E-state index contributed by atoms with van der Waals surface area (Å²) < 4.78 is 16.4. The molecule has 0 radical (unpaired) electrons. The molecule has 1 heterocycles. The van der Waals surface area contributed by atoms with Crippen molar-refractivity contribution in [2.24, 2.45) is 0 Å². The van der Waals surface area contributed by atoms with Crippen LogP contribution in [0.15, 0.2) is 59.2 Å². The lowest BCUT2D eigenvalue weighted by molar-refractivity contribution is -0.146. The van der Waals surface area contributed by atoms with Gasteiger partial charge in [-0.1, -0.05) is 12.1 Å². The first kappa shape index (κ1) is 21.7. The molecule has 0 saturated heterocycles. The Balaban J connectivity index is 2.24. The third kappa shape index (κ3) is 5.97. The van der Waals surface area contributed by atoms with Crippen molar-refractivity contribution in [3.05, 3.63) is 70.3 Å². The molecule has 0 bridgehead atoms. The lowest BCUT2D eigenvalue weighted by atomic mass is 10.2. The van der Waals surface area contributed by atoms with Crippen LogP contribution in [0.4, 0.5) is 5.69 Å². The highest BCUT2D eigenvalue weighted by Crippen LogP contribution is 2.12. The number of methoxy groups -OCH3 is 1. The van der Waals surface area contributed by atoms with E-state index in [2.05, 4.69) is 5.32 Å². The Kier molecular flexibility index (Phi) is 8.02. The number of hydrogen-bond acceptors (Lipinski definition) is 7. The van der Waals surface area contributed by atoms with Crippen LogP contribution in [0.25, 0.3) is 0 Å². The predicted octanol–water partition coefficient (Wildman–Crippen LogP) is 2.33. The fraction of sp³-hybridized carbons (Fsp3) is 0.286. The van der Waals surface area contributed by atoms with Crippen LogP contribution in [0.2, 0.25) is 0 Å². The quantitative estimate of drug-likeness (QED) is 0.299. The lowest BCUT2D eigenvalue weighted by Gasteiger charge is -2.10. The standard InChI is InChI=1S/C21H24N2O6/c1-4-28-20(25)17(21(26)29-5-2)13-22-18-7-6-12-23(19(18)24)14-15-8-10-16(27-3)11-9-15/h6-13,22H,4-5,14H2,1-3H3. The zero-order valence-electron chi connectivity index (χ0n) is 16.6. The Labute approximate surface area is 168 Å². The Hall–Kier alpha value is -3.55. The van der Waals surface area contributed by atoms with Gasteiger partial charge in [-0.05, 0) is 43.7 Å². The van der Waals surface area contributed by atoms with Crippen molar-refractivity contribution in [2.75, 3.05) is 25.6 Å². The van der Waals surface area contributed by atoms with Crippen LogP contribution in [0, 0.1) is 0 Å². The predicted molar refractivity (Wildman–Crippen MR) is 108 cm³/mol. The molecule has 0 atom stereocenters. The van der Waals surface area contributed by atoms with E-state index >= 15 is 0 Å². The molecule has 0 aliphatic rings. The average Bonchev–Trinajstić information content (AvgIpc) is 2.71. The number of nitrogens with one attached hydrogen (secondary N) is 1. The van der Waals surface area contributed by atoms with Gasteiger partial charge in [-0.25, -0.2) is 9.59 Å². The van der Waals surface area contributed by atoms with Gasteiger partial charge in [0.2, 0.25) is 0 Å². The first-order chi connectivity index (χ1) is 14.0. The summed E-state index contributed by atoms with van der Waals surface area (Å²) in [5.74, 6) is -0.923. The van der Waals surface area contributed by atoms with Gasteiger partial charge < -0.3 is 24.1 Å². The molecular formula is C21H24N2O6. The fourth-order valence-electron chi connectivity index (χ4n) is 2.47. The molecule has 29 heavy (non-hydrogen) atoms. The topological polar surface area (TPSA) is 95.9 Å². The molecule has 0 spiro atoms. The van der Waals surface area contributed by atoms with E-state index in [4.69, 9.17) is 14.2 Å². The van der Waals surface area contributed by atoms with Gasteiger partial charge in [0.15, 0.2) is 5.57 Å². The number of anilines is 1. The van der Waals surface area contributed by atoms with Gasteiger partial charge in [-0.2, -0.15) is 0 Å². The number of hydrogen-bond donors (Lipinski definition) is 1. The molecule has 8 nitrogen and oxygen atoms in total. The molecule has 8 heteroatoms. The van der Waals surface area contributed by atoms with E-state index in [-0.39, 0.29) is 30.0 Å². The molecule has 1 aromatic carbocycles. The van der Waals surface area contributed by atoms with Gasteiger partial charge in [0.1, 0.15) is 11.4 Å². The maximum Gasteiger partial charge on any atom is 0.347 e. The largest absolute Gasteiger partial charge is 0.497 e. The molecule has 0 fully saturated rings. The Morgan fingerprint density at radius 2 is 1.66 bits per heavy atom. The third-order valence-corrected chi connectivity index (χ3v) is 3.89. The van der Waals surface area contributed by atoms with Crippen LogP contribution in [-0.4, -0.2) is 36.8 Å². The Bertz CT molecular complexity index is 911. The number of carbonyl (C=O) groups is 2. The van der Waals surface area contributed by atoms with E-state index in [1.54, 1.807) is 39.3 Å². The summed E-state index contributed by atoms with van der Waals surface area (Å²) in [7, 11) is 1.59. The summed E-state index contributed by atoms with van der Waals surface area (Å²) in [6.07, 6.45) is 2.78. The highest BCUT2D eigenvalue weighted by molar-refractivity contribution is 6.14. The van der Waals surface area contributed by atoms with Gasteiger partial charge in [0.25, 0.3) is 5.56 Å². The molecule has 154 valence electrons. The molecule has 0 saturated carbocycles. The normalized spacial score (nSPS) is 10.0. The van der Waals surface area contributed by atoms with Crippen molar-refractivity contribution in [2.45, 2.75) is 20.4 Å². The maximum atomic E-state index is 12.7. The summed E-state index contributed by atoms with van der Waals surface area (Å²) in [6, 6.07) is 10.6. The molecule has 1 aromatic heterocycles. The van der Waals surface area contributed by atoms with Crippen LogP contribution < -0.4 is 15.6 Å². The van der Waals surface area contributed by atoms with E-state index in [0.717, 1.165) is 17.5 Å². The van der Waals surface area contributed by atoms with Crippen molar-refractivity contribution in [1.29, 1.82) is 0 Å². The first-order valence-electron chi connectivity index (χ1n) is 9.13. The van der Waals surface area contributed by atoms with Crippen molar-refractivity contribution in [1.82, 2.24) is 4.57 Å². The van der Waals surface area contributed by atoms with E-state index in [1.165, 1.54) is 4.57 Å².